The zero-order valence-corrected chi connectivity index (χ0v) is 14.8. The van der Waals surface area contributed by atoms with Crippen LogP contribution in [0.3, 0.4) is 0 Å². The van der Waals surface area contributed by atoms with E-state index in [1.165, 1.54) is 5.56 Å². The Kier molecular flexibility index (Phi) is 9.03. The molecule has 1 aromatic rings. The van der Waals surface area contributed by atoms with Gasteiger partial charge in [-0.25, -0.2) is 0 Å². The first-order chi connectivity index (χ1) is 11.1. The summed E-state index contributed by atoms with van der Waals surface area (Å²) >= 11 is 0. The van der Waals surface area contributed by atoms with E-state index >= 15 is 0 Å². The Morgan fingerprint density at radius 3 is 2.04 bits per heavy atom. The van der Waals surface area contributed by atoms with Crippen molar-refractivity contribution in [1.82, 2.24) is 9.80 Å². The van der Waals surface area contributed by atoms with E-state index in [1.54, 1.807) is 11.8 Å². The summed E-state index contributed by atoms with van der Waals surface area (Å²) in [5, 5.41) is 0. The Hall–Kier alpha value is -1.84. The molecular weight excluding hydrogens is 288 g/mol. The maximum atomic E-state index is 12.4. The number of carbonyl (C=O) groups excluding carboxylic acids is 2. The number of benzene rings is 1. The molecule has 4 nitrogen and oxygen atoms in total. The van der Waals surface area contributed by atoms with Gasteiger partial charge in [-0.15, -0.1) is 0 Å². The van der Waals surface area contributed by atoms with Crippen molar-refractivity contribution in [3.05, 3.63) is 35.9 Å². The van der Waals surface area contributed by atoms with E-state index in [4.69, 9.17) is 0 Å². The zero-order valence-electron chi connectivity index (χ0n) is 14.8. The number of carbonyl (C=O) groups is 2. The first-order valence-electron chi connectivity index (χ1n) is 8.65. The molecule has 0 radical (unpaired) electrons. The molecule has 0 heterocycles. The summed E-state index contributed by atoms with van der Waals surface area (Å²) in [5.74, 6) is 0.0305. The van der Waals surface area contributed by atoms with E-state index < -0.39 is 0 Å². The van der Waals surface area contributed by atoms with Crippen LogP contribution in [0.5, 0.6) is 0 Å². The maximum absolute atomic E-state index is 12.4. The van der Waals surface area contributed by atoms with Crippen LogP contribution in [0.1, 0.15) is 45.6 Å². The fourth-order valence-electron chi connectivity index (χ4n) is 2.63. The van der Waals surface area contributed by atoms with Crippen molar-refractivity contribution in [3.63, 3.8) is 0 Å². The normalized spacial score (nSPS) is 10.4. The first-order valence-corrected chi connectivity index (χ1v) is 8.65. The average molecular weight is 318 g/mol. The molecule has 0 saturated carbocycles. The summed E-state index contributed by atoms with van der Waals surface area (Å²) in [6.45, 7) is 8.04. The van der Waals surface area contributed by atoms with Gasteiger partial charge in [0, 0.05) is 26.6 Å². The van der Waals surface area contributed by atoms with Crippen molar-refractivity contribution in [3.8, 4) is 0 Å². The average Bonchev–Trinajstić information content (AvgIpc) is 2.54. The van der Waals surface area contributed by atoms with Gasteiger partial charge >= 0.3 is 0 Å². The third kappa shape index (κ3) is 7.31. The largest absolute Gasteiger partial charge is 0.341 e. The van der Waals surface area contributed by atoms with Crippen LogP contribution in [-0.4, -0.2) is 47.8 Å². The maximum Gasteiger partial charge on any atom is 0.242 e. The van der Waals surface area contributed by atoms with E-state index in [-0.39, 0.29) is 18.4 Å². The van der Waals surface area contributed by atoms with Crippen molar-refractivity contribution in [1.29, 1.82) is 0 Å². The predicted octanol–water partition coefficient (Wildman–Crippen LogP) is 3.12. The predicted molar refractivity (Wildman–Crippen MR) is 94.2 cm³/mol. The molecule has 0 aliphatic heterocycles. The Bertz CT molecular complexity index is 468. The summed E-state index contributed by atoms with van der Waals surface area (Å²) in [4.78, 5) is 27.8. The molecule has 0 atom stereocenters. The quantitative estimate of drug-likeness (QED) is 0.665. The fourth-order valence-corrected chi connectivity index (χ4v) is 2.63. The van der Waals surface area contributed by atoms with Gasteiger partial charge in [0.15, 0.2) is 0 Å². The molecule has 23 heavy (non-hydrogen) atoms. The van der Waals surface area contributed by atoms with E-state index in [0.29, 0.717) is 6.54 Å². The fraction of sp³-hybridized carbons (Fsp3) is 0.579. The Morgan fingerprint density at radius 1 is 0.913 bits per heavy atom. The molecule has 2 amide bonds. The lowest BCUT2D eigenvalue weighted by atomic mass is 10.1. The number of nitrogens with zero attached hydrogens (tertiary/aromatic N) is 2. The molecule has 0 spiro atoms. The minimum absolute atomic E-state index is 0.0284. The van der Waals surface area contributed by atoms with Gasteiger partial charge in [0.05, 0.1) is 6.54 Å². The number of hydrogen-bond donors (Lipinski definition) is 0. The van der Waals surface area contributed by atoms with Crippen LogP contribution in [0.4, 0.5) is 0 Å². The lowest BCUT2D eigenvalue weighted by molar-refractivity contribution is -0.139. The van der Waals surface area contributed by atoms with Crippen molar-refractivity contribution in [2.24, 2.45) is 0 Å². The highest BCUT2D eigenvalue weighted by atomic mass is 16.2. The van der Waals surface area contributed by atoms with Crippen LogP contribution >= 0.6 is 0 Å². The van der Waals surface area contributed by atoms with Crippen molar-refractivity contribution >= 4 is 11.8 Å². The number of hydrogen-bond acceptors (Lipinski definition) is 2. The summed E-state index contributed by atoms with van der Waals surface area (Å²) < 4.78 is 0. The molecule has 0 aliphatic rings. The van der Waals surface area contributed by atoms with Gasteiger partial charge in [-0.1, -0.05) is 44.2 Å². The summed E-state index contributed by atoms with van der Waals surface area (Å²) in [7, 11) is 0. The molecule has 1 rings (SSSR count). The van der Waals surface area contributed by atoms with Gasteiger partial charge < -0.3 is 9.80 Å². The van der Waals surface area contributed by atoms with Crippen LogP contribution in [0.25, 0.3) is 0 Å². The molecule has 0 bridgehead atoms. The molecule has 0 unspecified atom stereocenters. The van der Waals surface area contributed by atoms with E-state index in [2.05, 4.69) is 26.0 Å². The SMILES string of the molecule is CCCN(CCC)C(=O)CN(CCCc1ccccc1)C(C)=O. The Balaban J connectivity index is 2.50. The zero-order chi connectivity index (χ0) is 17.1. The molecule has 128 valence electrons. The van der Waals surface area contributed by atoms with Gasteiger partial charge in [-0.05, 0) is 31.2 Å². The lowest BCUT2D eigenvalue weighted by Gasteiger charge is -2.26. The van der Waals surface area contributed by atoms with Gasteiger partial charge in [0.1, 0.15) is 0 Å². The number of aryl methyl sites for hydroxylation is 1. The van der Waals surface area contributed by atoms with Crippen LogP contribution in [0, 0.1) is 0 Å². The number of amides is 2. The molecule has 0 saturated heterocycles. The number of rotatable bonds is 10. The second-order valence-electron chi connectivity index (χ2n) is 5.91. The van der Waals surface area contributed by atoms with Crippen LogP contribution in [0.15, 0.2) is 30.3 Å². The molecular formula is C19H30N2O2. The van der Waals surface area contributed by atoms with Crippen LogP contribution in [-0.2, 0) is 16.0 Å². The van der Waals surface area contributed by atoms with Gasteiger partial charge in [-0.3, -0.25) is 9.59 Å². The van der Waals surface area contributed by atoms with Gasteiger partial charge in [0.2, 0.25) is 11.8 Å². The molecule has 1 aromatic carbocycles. The molecule has 4 heteroatoms. The van der Waals surface area contributed by atoms with E-state index in [9.17, 15) is 9.59 Å². The topological polar surface area (TPSA) is 40.6 Å². The minimum Gasteiger partial charge on any atom is -0.341 e. The van der Waals surface area contributed by atoms with Gasteiger partial charge in [-0.2, -0.15) is 0 Å². The van der Waals surface area contributed by atoms with Crippen molar-refractivity contribution < 1.29 is 9.59 Å². The third-order valence-electron chi connectivity index (χ3n) is 3.85. The standard InChI is InChI=1S/C19H30N2O2/c1-4-13-20(14-5-2)19(23)16-21(17(3)22)15-9-12-18-10-7-6-8-11-18/h6-8,10-11H,4-5,9,12-16H2,1-3H3. The van der Waals surface area contributed by atoms with Gasteiger partial charge in [0.25, 0.3) is 0 Å². The Labute approximate surface area is 140 Å². The monoisotopic (exact) mass is 318 g/mol. The summed E-state index contributed by atoms with van der Waals surface area (Å²) in [6, 6.07) is 10.2. The molecule has 0 aromatic heterocycles. The second kappa shape index (κ2) is 10.8. The first kappa shape index (κ1) is 19.2. The molecule has 0 N–H and O–H groups in total. The summed E-state index contributed by atoms with van der Waals surface area (Å²) in [5.41, 5.74) is 1.26. The Morgan fingerprint density at radius 2 is 1.52 bits per heavy atom. The van der Waals surface area contributed by atoms with Crippen molar-refractivity contribution in [2.45, 2.75) is 46.5 Å². The highest BCUT2D eigenvalue weighted by molar-refractivity contribution is 5.83. The van der Waals surface area contributed by atoms with E-state index in [0.717, 1.165) is 38.8 Å². The van der Waals surface area contributed by atoms with Crippen LogP contribution in [0.2, 0.25) is 0 Å². The summed E-state index contributed by atoms with van der Waals surface area (Å²) in [6.07, 6.45) is 3.69. The van der Waals surface area contributed by atoms with Crippen molar-refractivity contribution in [2.75, 3.05) is 26.2 Å². The molecule has 0 fully saturated rings. The molecule has 0 aliphatic carbocycles. The van der Waals surface area contributed by atoms with Crippen LogP contribution < -0.4 is 0 Å². The lowest BCUT2D eigenvalue weighted by Crippen LogP contribution is -2.43. The van der Waals surface area contributed by atoms with E-state index in [1.807, 2.05) is 23.1 Å². The third-order valence-corrected chi connectivity index (χ3v) is 3.85. The highest BCUT2D eigenvalue weighted by Gasteiger charge is 2.17. The highest BCUT2D eigenvalue weighted by Crippen LogP contribution is 2.05. The smallest absolute Gasteiger partial charge is 0.242 e. The minimum atomic E-state index is -0.0284. The second-order valence-corrected chi connectivity index (χ2v) is 5.91.